The molecule has 5 heteroatoms. The van der Waals surface area contributed by atoms with Crippen LogP contribution in [0.15, 0.2) is 30.3 Å². The van der Waals surface area contributed by atoms with Crippen LogP contribution in [0.5, 0.6) is 17.2 Å². The predicted molar refractivity (Wildman–Crippen MR) is 79.0 cm³/mol. The lowest BCUT2D eigenvalue weighted by molar-refractivity contribution is 0.112. The van der Waals surface area contributed by atoms with E-state index in [4.69, 9.17) is 19.9 Å². The van der Waals surface area contributed by atoms with Crippen LogP contribution >= 0.6 is 0 Å². The summed E-state index contributed by atoms with van der Waals surface area (Å²) in [6.07, 6.45) is 0.736. The average Bonchev–Trinajstić information content (AvgIpc) is 2.94. The Kier molecular flexibility index (Phi) is 3.39. The number of carbonyl (C=O) groups excluding carboxylic acids is 1. The lowest BCUT2D eigenvalue weighted by Crippen LogP contribution is -1.98. The van der Waals surface area contributed by atoms with E-state index >= 15 is 0 Å². The third-order valence-electron chi connectivity index (χ3n) is 3.29. The number of rotatable bonds is 4. The molecule has 0 amide bonds. The molecule has 2 N–H and O–H groups in total. The van der Waals surface area contributed by atoms with Gasteiger partial charge in [-0.15, -0.1) is 0 Å². The van der Waals surface area contributed by atoms with Gasteiger partial charge in [-0.25, -0.2) is 0 Å². The predicted octanol–water partition coefficient (Wildman–Crippen LogP) is 2.88. The van der Waals surface area contributed by atoms with Gasteiger partial charge in [0, 0.05) is 22.9 Å². The Balaban J connectivity index is 2.21. The maximum absolute atomic E-state index is 11.4. The van der Waals surface area contributed by atoms with Crippen molar-refractivity contribution in [2.45, 2.75) is 6.92 Å². The van der Waals surface area contributed by atoms with Crippen LogP contribution in [-0.2, 0) is 0 Å². The maximum atomic E-state index is 11.4. The highest BCUT2D eigenvalue weighted by atomic mass is 16.7. The lowest BCUT2D eigenvalue weighted by atomic mass is 9.97. The number of hydrogen-bond donors (Lipinski definition) is 1. The van der Waals surface area contributed by atoms with Crippen LogP contribution < -0.4 is 19.9 Å². The Morgan fingerprint density at radius 1 is 1.33 bits per heavy atom. The molecule has 0 aromatic heterocycles. The molecule has 108 valence electrons. The van der Waals surface area contributed by atoms with E-state index in [9.17, 15) is 4.79 Å². The van der Waals surface area contributed by atoms with Gasteiger partial charge in [-0.2, -0.15) is 0 Å². The Morgan fingerprint density at radius 3 is 2.95 bits per heavy atom. The summed E-state index contributed by atoms with van der Waals surface area (Å²) in [6.45, 7) is 2.60. The summed E-state index contributed by atoms with van der Waals surface area (Å²) in [6, 6.07) is 9.07. The molecule has 0 saturated heterocycles. The second kappa shape index (κ2) is 5.36. The molecule has 0 saturated carbocycles. The molecule has 0 fully saturated rings. The van der Waals surface area contributed by atoms with Crippen molar-refractivity contribution in [3.8, 4) is 28.4 Å². The molecule has 0 aliphatic carbocycles. The Labute approximate surface area is 122 Å². The number of nitrogen functional groups attached to an aromatic ring is 1. The standard InChI is InChI=1S/C16H15NO4/c1-2-19-11-5-3-4-10(6-11)15-12(8-18)13(17)7-14-16(15)21-9-20-14/h3-8H,2,9,17H2,1H3. The van der Waals surface area contributed by atoms with Gasteiger partial charge in [0.15, 0.2) is 17.8 Å². The first kappa shape index (κ1) is 13.3. The SMILES string of the molecule is CCOc1cccc(-c2c(C=O)c(N)cc3c2OCO3)c1. The van der Waals surface area contributed by atoms with Gasteiger partial charge in [-0.05, 0) is 24.6 Å². The van der Waals surface area contributed by atoms with E-state index < -0.39 is 0 Å². The maximum Gasteiger partial charge on any atom is 0.231 e. The van der Waals surface area contributed by atoms with Crippen molar-refractivity contribution in [2.24, 2.45) is 0 Å². The number of nitrogens with two attached hydrogens (primary N) is 1. The largest absolute Gasteiger partial charge is 0.494 e. The Hall–Kier alpha value is -2.69. The fourth-order valence-electron chi connectivity index (χ4n) is 2.40. The molecular weight excluding hydrogens is 270 g/mol. The summed E-state index contributed by atoms with van der Waals surface area (Å²) >= 11 is 0. The van der Waals surface area contributed by atoms with E-state index in [1.54, 1.807) is 6.07 Å². The Morgan fingerprint density at radius 2 is 2.19 bits per heavy atom. The van der Waals surface area contributed by atoms with Crippen LogP contribution in [0.25, 0.3) is 11.1 Å². The number of fused-ring (bicyclic) bond motifs is 1. The number of aldehydes is 1. The molecule has 2 aromatic rings. The van der Waals surface area contributed by atoms with Crippen LogP contribution in [0.2, 0.25) is 0 Å². The van der Waals surface area contributed by atoms with Crippen molar-refractivity contribution >= 4 is 12.0 Å². The number of carbonyl (C=O) groups is 1. The molecule has 1 aliphatic rings. The van der Waals surface area contributed by atoms with E-state index in [2.05, 4.69) is 0 Å². The zero-order chi connectivity index (χ0) is 14.8. The van der Waals surface area contributed by atoms with Gasteiger partial charge >= 0.3 is 0 Å². The third kappa shape index (κ3) is 2.27. The highest BCUT2D eigenvalue weighted by molar-refractivity contribution is 5.98. The van der Waals surface area contributed by atoms with Crippen molar-refractivity contribution < 1.29 is 19.0 Å². The zero-order valence-corrected chi connectivity index (χ0v) is 11.6. The van der Waals surface area contributed by atoms with Crippen molar-refractivity contribution in [1.82, 2.24) is 0 Å². The van der Waals surface area contributed by atoms with Crippen LogP contribution in [0, 0.1) is 0 Å². The van der Waals surface area contributed by atoms with Crippen molar-refractivity contribution in [3.05, 3.63) is 35.9 Å². The first-order valence-electron chi connectivity index (χ1n) is 6.65. The second-order valence-corrected chi connectivity index (χ2v) is 4.57. The minimum Gasteiger partial charge on any atom is -0.494 e. The normalized spacial score (nSPS) is 12.2. The summed E-state index contributed by atoms with van der Waals surface area (Å²) in [5.41, 5.74) is 8.14. The van der Waals surface area contributed by atoms with Gasteiger partial charge in [0.1, 0.15) is 5.75 Å². The lowest BCUT2D eigenvalue weighted by Gasteiger charge is -2.12. The van der Waals surface area contributed by atoms with E-state index in [0.29, 0.717) is 34.9 Å². The third-order valence-corrected chi connectivity index (χ3v) is 3.29. The first-order chi connectivity index (χ1) is 10.2. The highest BCUT2D eigenvalue weighted by Crippen LogP contribution is 2.46. The smallest absolute Gasteiger partial charge is 0.231 e. The molecule has 1 aliphatic heterocycles. The molecular formula is C16H15NO4. The van der Waals surface area contributed by atoms with Gasteiger partial charge in [0.05, 0.1) is 6.61 Å². The van der Waals surface area contributed by atoms with Gasteiger partial charge < -0.3 is 19.9 Å². The van der Waals surface area contributed by atoms with E-state index in [0.717, 1.165) is 17.6 Å². The molecule has 0 atom stereocenters. The van der Waals surface area contributed by atoms with Crippen molar-refractivity contribution in [3.63, 3.8) is 0 Å². The average molecular weight is 285 g/mol. The Bertz CT molecular complexity index is 697. The van der Waals surface area contributed by atoms with Crippen LogP contribution in [0.1, 0.15) is 17.3 Å². The van der Waals surface area contributed by atoms with E-state index in [-0.39, 0.29) is 6.79 Å². The van der Waals surface area contributed by atoms with Crippen LogP contribution in [-0.4, -0.2) is 19.7 Å². The van der Waals surface area contributed by atoms with Crippen LogP contribution in [0.3, 0.4) is 0 Å². The monoisotopic (exact) mass is 285 g/mol. The zero-order valence-electron chi connectivity index (χ0n) is 11.6. The molecule has 0 unspecified atom stereocenters. The molecule has 3 rings (SSSR count). The van der Waals surface area contributed by atoms with Crippen molar-refractivity contribution in [1.29, 1.82) is 0 Å². The topological polar surface area (TPSA) is 70.8 Å². The number of benzene rings is 2. The molecule has 0 radical (unpaired) electrons. The molecule has 2 aromatic carbocycles. The summed E-state index contributed by atoms with van der Waals surface area (Å²) in [5, 5.41) is 0. The summed E-state index contributed by atoms with van der Waals surface area (Å²) in [7, 11) is 0. The first-order valence-corrected chi connectivity index (χ1v) is 6.65. The van der Waals surface area contributed by atoms with Gasteiger partial charge in [0.2, 0.25) is 6.79 Å². The fraction of sp³-hybridized carbons (Fsp3) is 0.188. The number of anilines is 1. The number of ether oxygens (including phenoxy) is 3. The second-order valence-electron chi connectivity index (χ2n) is 4.57. The molecule has 5 nitrogen and oxygen atoms in total. The minimum absolute atomic E-state index is 0.120. The summed E-state index contributed by atoms with van der Waals surface area (Å²) < 4.78 is 16.4. The van der Waals surface area contributed by atoms with Crippen molar-refractivity contribution in [2.75, 3.05) is 19.1 Å². The van der Waals surface area contributed by atoms with E-state index in [1.807, 2.05) is 31.2 Å². The quantitative estimate of drug-likeness (QED) is 0.691. The summed E-state index contributed by atoms with van der Waals surface area (Å²) in [5.74, 6) is 1.82. The van der Waals surface area contributed by atoms with Gasteiger partial charge in [0.25, 0.3) is 0 Å². The number of hydrogen-bond acceptors (Lipinski definition) is 5. The fourth-order valence-corrected chi connectivity index (χ4v) is 2.40. The van der Waals surface area contributed by atoms with Gasteiger partial charge in [-0.3, -0.25) is 4.79 Å². The molecule has 1 heterocycles. The molecule has 0 spiro atoms. The molecule has 21 heavy (non-hydrogen) atoms. The van der Waals surface area contributed by atoms with Gasteiger partial charge in [-0.1, -0.05) is 12.1 Å². The summed E-state index contributed by atoms with van der Waals surface area (Å²) in [4.78, 5) is 11.4. The van der Waals surface area contributed by atoms with Crippen LogP contribution in [0.4, 0.5) is 5.69 Å². The minimum atomic E-state index is 0.120. The molecule has 0 bridgehead atoms. The highest BCUT2D eigenvalue weighted by Gasteiger charge is 2.24. The van der Waals surface area contributed by atoms with E-state index in [1.165, 1.54) is 0 Å².